The number of piperidine rings is 1. The molecule has 1 atom stereocenters. The summed E-state index contributed by atoms with van der Waals surface area (Å²) >= 11 is 0. The molecular formula is C19H24FN5O. The summed E-state index contributed by atoms with van der Waals surface area (Å²) in [5, 5.41) is 7.79. The van der Waals surface area contributed by atoms with E-state index in [1.54, 1.807) is 16.7 Å². The van der Waals surface area contributed by atoms with Crippen LogP contribution in [-0.2, 0) is 13.1 Å². The minimum absolute atomic E-state index is 0.131. The monoisotopic (exact) mass is 357 g/mol. The number of fused-ring (bicyclic) bond motifs is 1. The fourth-order valence-corrected chi connectivity index (χ4v) is 4.09. The van der Waals surface area contributed by atoms with Crippen molar-refractivity contribution < 1.29 is 4.39 Å². The van der Waals surface area contributed by atoms with Crippen LogP contribution in [0.1, 0.15) is 42.8 Å². The van der Waals surface area contributed by atoms with Crippen molar-refractivity contribution in [2.75, 3.05) is 13.1 Å². The lowest BCUT2D eigenvalue weighted by molar-refractivity contribution is 0.192. The second kappa shape index (κ2) is 6.72. The van der Waals surface area contributed by atoms with Crippen LogP contribution in [0, 0.1) is 12.7 Å². The van der Waals surface area contributed by atoms with E-state index in [1.807, 2.05) is 13.8 Å². The van der Waals surface area contributed by atoms with Crippen molar-refractivity contribution in [1.82, 2.24) is 24.6 Å². The maximum absolute atomic E-state index is 13.5. The molecular weight excluding hydrogens is 333 g/mol. The summed E-state index contributed by atoms with van der Waals surface area (Å²) in [6.45, 7) is 7.31. The van der Waals surface area contributed by atoms with Gasteiger partial charge in [-0.1, -0.05) is 0 Å². The van der Waals surface area contributed by atoms with Crippen molar-refractivity contribution in [3.63, 3.8) is 0 Å². The number of aryl methyl sites for hydroxylation is 1. The van der Waals surface area contributed by atoms with Crippen molar-refractivity contribution in [1.29, 1.82) is 0 Å². The number of nitrogens with zero attached hydrogens (tertiary/aromatic N) is 3. The molecule has 138 valence electrons. The number of aromatic nitrogens is 4. The van der Waals surface area contributed by atoms with E-state index in [4.69, 9.17) is 0 Å². The molecule has 0 aliphatic carbocycles. The quantitative estimate of drug-likeness (QED) is 0.754. The van der Waals surface area contributed by atoms with Crippen LogP contribution in [0.2, 0.25) is 0 Å². The van der Waals surface area contributed by atoms with Gasteiger partial charge in [0.2, 0.25) is 0 Å². The Bertz CT molecular complexity index is 986. The third-order valence-electron chi connectivity index (χ3n) is 5.48. The number of halogens is 1. The highest BCUT2D eigenvalue weighted by Crippen LogP contribution is 2.28. The predicted octanol–water partition coefficient (Wildman–Crippen LogP) is 2.90. The van der Waals surface area contributed by atoms with Gasteiger partial charge in [-0.05, 0) is 57.0 Å². The van der Waals surface area contributed by atoms with E-state index in [-0.39, 0.29) is 17.4 Å². The molecule has 1 aliphatic heterocycles. The third kappa shape index (κ3) is 2.96. The Morgan fingerprint density at radius 3 is 3.04 bits per heavy atom. The molecule has 1 aliphatic rings. The molecule has 0 radical (unpaired) electrons. The predicted molar refractivity (Wildman–Crippen MR) is 98.8 cm³/mol. The highest BCUT2D eigenvalue weighted by molar-refractivity contribution is 5.84. The van der Waals surface area contributed by atoms with Crippen LogP contribution in [0.5, 0.6) is 0 Å². The van der Waals surface area contributed by atoms with Crippen LogP contribution in [0.15, 0.2) is 23.0 Å². The fraction of sp³-hybridized carbons (Fsp3) is 0.474. The van der Waals surface area contributed by atoms with Gasteiger partial charge >= 0.3 is 5.69 Å². The number of H-pyrrole nitrogens is 2. The van der Waals surface area contributed by atoms with E-state index in [9.17, 15) is 9.18 Å². The molecule has 3 aromatic rings. The summed E-state index contributed by atoms with van der Waals surface area (Å²) in [5.41, 5.74) is 3.07. The SMILES string of the molecule is CCn1c([C@@H]2CCCN(Cc3[nH]c4ccc(F)cc4c3C)C2)n[nH]c1=O. The van der Waals surface area contributed by atoms with Crippen molar-refractivity contribution in [3.8, 4) is 0 Å². The van der Waals surface area contributed by atoms with E-state index in [1.165, 1.54) is 6.07 Å². The first-order valence-electron chi connectivity index (χ1n) is 9.21. The summed E-state index contributed by atoms with van der Waals surface area (Å²) in [7, 11) is 0. The van der Waals surface area contributed by atoms with Crippen LogP contribution in [0.4, 0.5) is 4.39 Å². The van der Waals surface area contributed by atoms with Crippen molar-refractivity contribution in [3.05, 3.63) is 51.6 Å². The normalized spacial score (nSPS) is 18.7. The van der Waals surface area contributed by atoms with Crippen LogP contribution in [0.25, 0.3) is 10.9 Å². The van der Waals surface area contributed by atoms with Gasteiger partial charge in [-0.3, -0.25) is 9.47 Å². The summed E-state index contributed by atoms with van der Waals surface area (Å²) in [6.07, 6.45) is 2.11. The molecule has 0 amide bonds. The van der Waals surface area contributed by atoms with Crippen molar-refractivity contribution >= 4 is 10.9 Å². The number of nitrogens with one attached hydrogen (secondary N) is 2. The molecule has 1 fully saturated rings. The van der Waals surface area contributed by atoms with E-state index in [0.29, 0.717) is 6.54 Å². The Hall–Kier alpha value is -2.41. The molecule has 6 nitrogen and oxygen atoms in total. The molecule has 4 rings (SSSR count). The number of rotatable bonds is 4. The molecule has 0 bridgehead atoms. The zero-order valence-electron chi connectivity index (χ0n) is 15.2. The zero-order valence-corrected chi connectivity index (χ0v) is 15.2. The Morgan fingerprint density at radius 2 is 2.23 bits per heavy atom. The average Bonchev–Trinajstić information content (AvgIpc) is 3.16. The van der Waals surface area contributed by atoms with Crippen molar-refractivity contribution in [2.45, 2.75) is 45.7 Å². The fourth-order valence-electron chi connectivity index (χ4n) is 4.09. The molecule has 1 saturated heterocycles. The topological polar surface area (TPSA) is 69.7 Å². The van der Waals surface area contributed by atoms with E-state index >= 15 is 0 Å². The molecule has 2 aromatic heterocycles. The molecule has 26 heavy (non-hydrogen) atoms. The minimum Gasteiger partial charge on any atom is -0.357 e. The van der Waals surface area contributed by atoms with Crippen LogP contribution < -0.4 is 5.69 Å². The molecule has 1 aromatic carbocycles. The van der Waals surface area contributed by atoms with E-state index in [2.05, 4.69) is 20.1 Å². The van der Waals surface area contributed by atoms with Gasteiger partial charge in [0.25, 0.3) is 0 Å². The molecule has 2 N–H and O–H groups in total. The van der Waals surface area contributed by atoms with E-state index < -0.39 is 0 Å². The summed E-state index contributed by atoms with van der Waals surface area (Å²) < 4.78 is 15.3. The van der Waals surface area contributed by atoms with Crippen LogP contribution in [0.3, 0.4) is 0 Å². The second-order valence-corrected chi connectivity index (χ2v) is 7.12. The summed E-state index contributed by atoms with van der Waals surface area (Å²) in [6, 6.07) is 4.87. The first-order chi connectivity index (χ1) is 12.6. The first kappa shape index (κ1) is 17.0. The maximum atomic E-state index is 13.5. The zero-order chi connectivity index (χ0) is 18.3. The van der Waals surface area contributed by atoms with Gasteiger partial charge in [-0.25, -0.2) is 14.3 Å². The molecule has 7 heteroatoms. The van der Waals surface area contributed by atoms with Crippen molar-refractivity contribution in [2.24, 2.45) is 0 Å². The standard InChI is InChI=1S/C19H24FN5O/c1-3-25-18(22-23-19(25)26)13-5-4-8-24(10-13)11-17-12(2)15-9-14(20)6-7-16(15)21-17/h6-7,9,13,21H,3-5,8,10-11H2,1-2H3,(H,23,26)/t13-/m1/s1. The van der Waals surface area contributed by atoms with Gasteiger partial charge in [-0.15, -0.1) is 0 Å². The molecule has 0 spiro atoms. The smallest absolute Gasteiger partial charge is 0.343 e. The van der Waals surface area contributed by atoms with Crippen LogP contribution in [-0.4, -0.2) is 37.7 Å². The molecule has 0 saturated carbocycles. The number of hydrogen-bond donors (Lipinski definition) is 2. The number of aromatic amines is 2. The third-order valence-corrected chi connectivity index (χ3v) is 5.48. The van der Waals surface area contributed by atoms with Gasteiger partial charge < -0.3 is 4.98 Å². The van der Waals surface area contributed by atoms with Gasteiger partial charge in [0.15, 0.2) is 0 Å². The largest absolute Gasteiger partial charge is 0.357 e. The highest BCUT2D eigenvalue weighted by atomic mass is 19.1. The Morgan fingerprint density at radius 1 is 1.38 bits per heavy atom. The van der Waals surface area contributed by atoms with Gasteiger partial charge in [0.1, 0.15) is 11.6 Å². The van der Waals surface area contributed by atoms with Gasteiger partial charge in [0, 0.05) is 42.1 Å². The average molecular weight is 357 g/mol. The molecule has 0 unspecified atom stereocenters. The number of hydrogen-bond acceptors (Lipinski definition) is 3. The summed E-state index contributed by atoms with van der Waals surface area (Å²) in [5.74, 6) is 0.905. The Kier molecular flexibility index (Phi) is 4.40. The molecule has 3 heterocycles. The first-order valence-corrected chi connectivity index (χ1v) is 9.21. The Labute approximate surface area is 151 Å². The van der Waals surface area contributed by atoms with Gasteiger partial charge in [0.05, 0.1) is 0 Å². The second-order valence-electron chi connectivity index (χ2n) is 7.12. The Balaban J connectivity index is 1.55. The highest BCUT2D eigenvalue weighted by Gasteiger charge is 2.26. The summed E-state index contributed by atoms with van der Waals surface area (Å²) in [4.78, 5) is 17.7. The van der Waals surface area contributed by atoms with Crippen LogP contribution >= 0.6 is 0 Å². The number of benzene rings is 1. The minimum atomic E-state index is -0.208. The van der Waals surface area contributed by atoms with Gasteiger partial charge in [-0.2, -0.15) is 5.10 Å². The lowest BCUT2D eigenvalue weighted by Crippen LogP contribution is -2.35. The maximum Gasteiger partial charge on any atom is 0.343 e. The lowest BCUT2D eigenvalue weighted by atomic mass is 9.96. The van der Waals surface area contributed by atoms with E-state index in [0.717, 1.165) is 60.5 Å². The number of likely N-dealkylation sites (tertiary alicyclic amines) is 1. The lowest BCUT2D eigenvalue weighted by Gasteiger charge is -2.32.